The van der Waals surface area contributed by atoms with Crippen LogP contribution in [0.1, 0.15) is 32.6 Å². The Morgan fingerprint density at radius 2 is 2.27 bits per heavy atom. The predicted molar refractivity (Wildman–Crippen MR) is 39.2 cm³/mol. The summed E-state index contributed by atoms with van der Waals surface area (Å²) in [5.41, 5.74) is -0.782. The SMILES string of the molecule is C[C@]1(C(=O)O)CCCC(=O)C1. The van der Waals surface area contributed by atoms with Crippen LogP contribution in [0.4, 0.5) is 0 Å². The van der Waals surface area contributed by atoms with Gasteiger partial charge in [-0.3, -0.25) is 9.59 Å². The molecule has 0 bridgehead atoms. The van der Waals surface area contributed by atoms with Crippen LogP contribution in [-0.4, -0.2) is 16.9 Å². The molecule has 0 spiro atoms. The molecule has 1 N–H and O–H groups in total. The van der Waals surface area contributed by atoms with E-state index < -0.39 is 11.4 Å². The van der Waals surface area contributed by atoms with Gasteiger partial charge in [-0.15, -0.1) is 0 Å². The second kappa shape index (κ2) is 2.64. The van der Waals surface area contributed by atoms with Crippen molar-refractivity contribution in [3.63, 3.8) is 0 Å². The Morgan fingerprint density at radius 1 is 1.64 bits per heavy atom. The minimum absolute atomic E-state index is 0.0844. The summed E-state index contributed by atoms with van der Waals surface area (Å²) >= 11 is 0. The summed E-state index contributed by atoms with van der Waals surface area (Å²) in [6, 6.07) is 0. The number of rotatable bonds is 1. The van der Waals surface area contributed by atoms with Crippen LogP contribution < -0.4 is 0 Å². The molecule has 0 aromatic rings. The fourth-order valence-electron chi connectivity index (χ4n) is 1.47. The minimum Gasteiger partial charge on any atom is -0.481 e. The van der Waals surface area contributed by atoms with Gasteiger partial charge < -0.3 is 5.11 Å². The highest BCUT2D eigenvalue weighted by Gasteiger charge is 2.37. The van der Waals surface area contributed by atoms with E-state index in [4.69, 9.17) is 5.11 Å². The molecule has 0 unspecified atom stereocenters. The number of ketones is 1. The standard InChI is InChI=1S/C8H12O3/c1-8(7(10)11)4-2-3-6(9)5-8/h2-5H2,1H3,(H,10,11)/t8-/m0/s1. The average molecular weight is 156 g/mol. The molecular formula is C8H12O3. The van der Waals surface area contributed by atoms with E-state index in [0.717, 1.165) is 6.42 Å². The van der Waals surface area contributed by atoms with Crippen LogP contribution in [0.2, 0.25) is 0 Å². The van der Waals surface area contributed by atoms with Gasteiger partial charge in [0, 0.05) is 12.8 Å². The van der Waals surface area contributed by atoms with Gasteiger partial charge in [0.25, 0.3) is 0 Å². The zero-order valence-electron chi connectivity index (χ0n) is 6.59. The van der Waals surface area contributed by atoms with Gasteiger partial charge in [-0.25, -0.2) is 0 Å². The Morgan fingerprint density at radius 3 is 2.64 bits per heavy atom. The van der Waals surface area contributed by atoms with Crippen molar-refractivity contribution in [1.29, 1.82) is 0 Å². The Hall–Kier alpha value is -0.860. The zero-order valence-corrected chi connectivity index (χ0v) is 6.59. The molecule has 3 heteroatoms. The van der Waals surface area contributed by atoms with Gasteiger partial charge in [0.2, 0.25) is 0 Å². The quantitative estimate of drug-likeness (QED) is 0.621. The van der Waals surface area contributed by atoms with Crippen molar-refractivity contribution in [1.82, 2.24) is 0 Å². The van der Waals surface area contributed by atoms with Crippen molar-refractivity contribution in [2.75, 3.05) is 0 Å². The lowest BCUT2D eigenvalue weighted by Crippen LogP contribution is -2.33. The summed E-state index contributed by atoms with van der Waals surface area (Å²) in [7, 11) is 0. The number of hydrogen-bond acceptors (Lipinski definition) is 2. The van der Waals surface area contributed by atoms with Crippen LogP contribution in [0.5, 0.6) is 0 Å². The Labute approximate surface area is 65.4 Å². The summed E-state index contributed by atoms with van der Waals surface area (Å²) in [4.78, 5) is 21.6. The van der Waals surface area contributed by atoms with Gasteiger partial charge in [-0.1, -0.05) is 0 Å². The van der Waals surface area contributed by atoms with Crippen molar-refractivity contribution < 1.29 is 14.7 Å². The molecule has 0 aliphatic heterocycles. The molecule has 0 radical (unpaired) electrons. The molecule has 1 fully saturated rings. The maximum Gasteiger partial charge on any atom is 0.309 e. The maximum atomic E-state index is 10.9. The second-order valence-corrected chi connectivity index (χ2v) is 3.43. The fourth-order valence-corrected chi connectivity index (χ4v) is 1.47. The molecule has 62 valence electrons. The van der Waals surface area contributed by atoms with Gasteiger partial charge >= 0.3 is 5.97 Å². The van der Waals surface area contributed by atoms with E-state index in [1.54, 1.807) is 6.92 Å². The van der Waals surface area contributed by atoms with Crippen LogP contribution >= 0.6 is 0 Å². The molecule has 0 heterocycles. The van der Waals surface area contributed by atoms with Crippen LogP contribution in [0.25, 0.3) is 0 Å². The van der Waals surface area contributed by atoms with Gasteiger partial charge in [-0.2, -0.15) is 0 Å². The van der Waals surface area contributed by atoms with E-state index in [9.17, 15) is 9.59 Å². The van der Waals surface area contributed by atoms with Gasteiger partial charge in [0.05, 0.1) is 5.41 Å². The normalized spacial score (nSPS) is 31.9. The van der Waals surface area contributed by atoms with E-state index in [0.29, 0.717) is 12.8 Å². The first-order chi connectivity index (χ1) is 5.04. The van der Waals surface area contributed by atoms with E-state index in [1.165, 1.54) is 0 Å². The molecular weight excluding hydrogens is 144 g/mol. The lowest BCUT2D eigenvalue weighted by Gasteiger charge is -2.27. The van der Waals surface area contributed by atoms with Crippen molar-refractivity contribution in [2.45, 2.75) is 32.6 Å². The van der Waals surface area contributed by atoms with E-state index in [-0.39, 0.29) is 12.2 Å². The molecule has 11 heavy (non-hydrogen) atoms. The number of carbonyl (C=O) groups excluding carboxylic acids is 1. The van der Waals surface area contributed by atoms with E-state index >= 15 is 0 Å². The molecule has 0 saturated heterocycles. The maximum absolute atomic E-state index is 10.9. The molecule has 1 aliphatic carbocycles. The van der Waals surface area contributed by atoms with Crippen molar-refractivity contribution in [2.24, 2.45) is 5.41 Å². The zero-order chi connectivity index (χ0) is 8.48. The Balaban J connectivity index is 2.70. The van der Waals surface area contributed by atoms with Crippen LogP contribution in [0.3, 0.4) is 0 Å². The molecule has 1 aliphatic rings. The molecule has 3 nitrogen and oxygen atoms in total. The molecule has 0 aromatic carbocycles. The largest absolute Gasteiger partial charge is 0.481 e. The predicted octanol–water partition coefficient (Wildman–Crippen LogP) is 1.22. The van der Waals surface area contributed by atoms with Crippen molar-refractivity contribution in [3.05, 3.63) is 0 Å². The molecule has 1 saturated carbocycles. The smallest absolute Gasteiger partial charge is 0.309 e. The summed E-state index contributed by atoms with van der Waals surface area (Å²) in [6.07, 6.45) is 2.13. The first-order valence-corrected chi connectivity index (χ1v) is 3.80. The number of hydrogen-bond donors (Lipinski definition) is 1. The van der Waals surface area contributed by atoms with Crippen molar-refractivity contribution >= 4 is 11.8 Å². The Kier molecular flexibility index (Phi) is 1.98. The third-order valence-electron chi connectivity index (χ3n) is 2.29. The van der Waals surface area contributed by atoms with E-state index in [2.05, 4.69) is 0 Å². The second-order valence-electron chi connectivity index (χ2n) is 3.43. The summed E-state index contributed by atoms with van der Waals surface area (Å²) in [6.45, 7) is 1.65. The first-order valence-electron chi connectivity index (χ1n) is 3.80. The average Bonchev–Trinajstić information content (AvgIpc) is 1.86. The van der Waals surface area contributed by atoms with Gasteiger partial charge in [-0.05, 0) is 19.8 Å². The first kappa shape index (κ1) is 8.24. The van der Waals surface area contributed by atoms with Crippen LogP contribution in [0, 0.1) is 5.41 Å². The third-order valence-corrected chi connectivity index (χ3v) is 2.29. The topological polar surface area (TPSA) is 54.4 Å². The highest BCUT2D eigenvalue weighted by Crippen LogP contribution is 2.33. The third kappa shape index (κ3) is 1.59. The van der Waals surface area contributed by atoms with Crippen molar-refractivity contribution in [3.8, 4) is 0 Å². The summed E-state index contributed by atoms with van der Waals surface area (Å²) < 4.78 is 0. The molecule has 0 amide bonds. The number of Topliss-reactive ketones (excluding diaryl/α,β-unsaturated/α-hetero) is 1. The number of carbonyl (C=O) groups is 2. The highest BCUT2D eigenvalue weighted by molar-refractivity contribution is 5.87. The number of aliphatic carboxylic acids is 1. The van der Waals surface area contributed by atoms with Gasteiger partial charge in [0.15, 0.2) is 0 Å². The van der Waals surface area contributed by atoms with E-state index in [1.807, 2.05) is 0 Å². The molecule has 1 atom stereocenters. The lowest BCUT2D eigenvalue weighted by molar-refractivity contribution is -0.152. The minimum atomic E-state index is -0.842. The van der Waals surface area contributed by atoms with Gasteiger partial charge in [0.1, 0.15) is 5.78 Å². The number of carboxylic acids is 1. The van der Waals surface area contributed by atoms with Crippen LogP contribution in [0.15, 0.2) is 0 Å². The lowest BCUT2D eigenvalue weighted by atomic mass is 9.75. The summed E-state index contributed by atoms with van der Waals surface area (Å²) in [5, 5.41) is 8.76. The fraction of sp³-hybridized carbons (Fsp3) is 0.750. The summed E-state index contributed by atoms with van der Waals surface area (Å²) in [5.74, 6) is -0.758. The Bertz CT molecular complexity index is 198. The molecule has 1 rings (SSSR count). The number of carboxylic acid groups (broad SMARTS) is 1. The highest BCUT2D eigenvalue weighted by atomic mass is 16.4. The molecule has 0 aromatic heterocycles. The van der Waals surface area contributed by atoms with Crippen LogP contribution in [-0.2, 0) is 9.59 Å². The monoisotopic (exact) mass is 156 g/mol.